The third kappa shape index (κ3) is 3.38. The first-order valence-electron chi connectivity index (χ1n) is 7.99. The van der Waals surface area contributed by atoms with Gasteiger partial charge in [0, 0.05) is 18.1 Å². The van der Waals surface area contributed by atoms with Crippen LogP contribution < -0.4 is 5.32 Å². The van der Waals surface area contributed by atoms with Crippen LogP contribution in [0.3, 0.4) is 0 Å². The Kier molecular flexibility index (Phi) is 3.81. The lowest BCUT2D eigenvalue weighted by Gasteiger charge is -2.45. The van der Waals surface area contributed by atoms with E-state index in [1.54, 1.807) is 0 Å². The number of benzene rings is 1. The smallest absolute Gasteiger partial charge is 0.223 e. The van der Waals surface area contributed by atoms with Gasteiger partial charge >= 0.3 is 0 Å². The average Bonchev–Trinajstić information content (AvgIpc) is 2.42. The predicted molar refractivity (Wildman–Crippen MR) is 89.8 cm³/mol. The molecule has 118 valence electrons. The fraction of sp³-hybridized carbons (Fsp3) is 0.556. The Labute approximate surface area is 132 Å². The zero-order chi connectivity index (χ0) is 15.8. The zero-order valence-electron chi connectivity index (χ0n) is 13.6. The molecule has 2 unspecified atom stereocenters. The van der Waals surface area contributed by atoms with E-state index in [-0.39, 0.29) is 16.9 Å². The van der Waals surface area contributed by atoms with E-state index in [1.807, 2.05) is 30.5 Å². The summed E-state index contributed by atoms with van der Waals surface area (Å²) in [5, 5.41) is 14.6. The molecule has 1 fully saturated rings. The minimum Gasteiger partial charge on any atom is -0.393 e. The number of nitrogens with one attached hydrogen (secondary N) is 1. The number of rotatable bonds is 3. The molecule has 1 heterocycles. The number of aromatic nitrogens is 2. The van der Waals surface area contributed by atoms with E-state index < -0.39 is 0 Å². The summed E-state index contributed by atoms with van der Waals surface area (Å²) in [6, 6.07) is 7.99. The van der Waals surface area contributed by atoms with Crippen molar-refractivity contribution in [2.45, 2.75) is 46.1 Å². The van der Waals surface area contributed by atoms with Crippen LogP contribution in [0.2, 0.25) is 0 Å². The summed E-state index contributed by atoms with van der Waals surface area (Å²) in [6.07, 6.45) is 4.45. The number of anilines is 1. The average molecular weight is 299 g/mol. The third-order valence-electron chi connectivity index (χ3n) is 4.58. The van der Waals surface area contributed by atoms with Crippen molar-refractivity contribution in [3.05, 3.63) is 30.5 Å². The second-order valence-corrected chi connectivity index (χ2v) is 7.82. The summed E-state index contributed by atoms with van der Waals surface area (Å²) >= 11 is 0. The summed E-state index contributed by atoms with van der Waals surface area (Å²) in [6.45, 7) is 7.50. The molecule has 0 radical (unpaired) electrons. The van der Waals surface area contributed by atoms with E-state index in [2.05, 4.69) is 36.1 Å². The summed E-state index contributed by atoms with van der Waals surface area (Å²) < 4.78 is 0. The molecule has 1 aliphatic rings. The molecule has 0 bridgehead atoms. The SMILES string of the molecule is CC1(C)CC(O)CC(C)(CNc2ncc3ccccc3n2)C1. The topological polar surface area (TPSA) is 58.0 Å². The Morgan fingerprint density at radius 2 is 2.00 bits per heavy atom. The first-order chi connectivity index (χ1) is 10.4. The fourth-order valence-electron chi connectivity index (χ4n) is 4.06. The van der Waals surface area contributed by atoms with Gasteiger partial charge in [0.1, 0.15) is 0 Å². The minimum atomic E-state index is -0.215. The highest BCUT2D eigenvalue weighted by Gasteiger charge is 2.40. The van der Waals surface area contributed by atoms with Crippen LogP contribution in [0.5, 0.6) is 0 Å². The van der Waals surface area contributed by atoms with Crippen molar-refractivity contribution >= 4 is 16.9 Å². The Morgan fingerprint density at radius 1 is 1.23 bits per heavy atom. The van der Waals surface area contributed by atoms with E-state index in [9.17, 15) is 5.11 Å². The predicted octanol–water partition coefficient (Wildman–Crippen LogP) is 3.62. The number of hydrogen-bond acceptors (Lipinski definition) is 4. The van der Waals surface area contributed by atoms with Crippen LogP contribution in [-0.4, -0.2) is 27.7 Å². The maximum absolute atomic E-state index is 10.2. The van der Waals surface area contributed by atoms with Crippen LogP contribution in [-0.2, 0) is 0 Å². The van der Waals surface area contributed by atoms with E-state index in [4.69, 9.17) is 0 Å². The van der Waals surface area contributed by atoms with Gasteiger partial charge in [0.05, 0.1) is 11.6 Å². The van der Waals surface area contributed by atoms with Gasteiger partial charge in [-0.3, -0.25) is 0 Å². The number of aliphatic hydroxyl groups is 1. The molecule has 4 heteroatoms. The van der Waals surface area contributed by atoms with E-state index >= 15 is 0 Å². The monoisotopic (exact) mass is 299 g/mol. The number of fused-ring (bicyclic) bond motifs is 1. The van der Waals surface area contributed by atoms with Gasteiger partial charge in [-0.2, -0.15) is 0 Å². The largest absolute Gasteiger partial charge is 0.393 e. The molecule has 0 saturated heterocycles. The summed E-state index contributed by atoms with van der Waals surface area (Å²) in [5.74, 6) is 0.665. The molecule has 0 amide bonds. The standard InChI is InChI=1S/C18H25N3O/c1-17(2)8-14(22)9-18(3,11-17)12-20-16-19-10-13-6-4-5-7-15(13)21-16/h4-7,10,14,22H,8-9,11-12H2,1-3H3,(H,19,20,21). The molecule has 0 aliphatic heterocycles. The van der Waals surface area contributed by atoms with Crippen LogP contribution in [0.1, 0.15) is 40.0 Å². The van der Waals surface area contributed by atoms with Crippen molar-refractivity contribution in [1.82, 2.24) is 9.97 Å². The molecule has 2 N–H and O–H groups in total. The minimum absolute atomic E-state index is 0.0656. The van der Waals surface area contributed by atoms with Crippen LogP contribution in [0.25, 0.3) is 10.9 Å². The van der Waals surface area contributed by atoms with Crippen molar-refractivity contribution in [2.75, 3.05) is 11.9 Å². The highest BCUT2D eigenvalue weighted by Crippen LogP contribution is 2.45. The van der Waals surface area contributed by atoms with E-state index in [0.29, 0.717) is 5.95 Å². The highest BCUT2D eigenvalue weighted by molar-refractivity contribution is 5.78. The van der Waals surface area contributed by atoms with Gasteiger partial charge in [-0.05, 0) is 36.2 Å². The number of aliphatic hydroxyl groups excluding tert-OH is 1. The van der Waals surface area contributed by atoms with E-state index in [0.717, 1.165) is 36.7 Å². The molecule has 1 saturated carbocycles. The van der Waals surface area contributed by atoms with Crippen LogP contribution in [0.4, 0.5) is 5.95 Å². The number of nitrogens with zero attached hydrogens (tertiary/aromatic N) is 2. The van der Waals surface area contributed by atoms with Crippen LogP contribution in [0, 0.1) is 10.8 Å². The molecular weight excluding hydrogens is 274 g/mol. The first kappa shape index (κ1) is 15.2. The van der Waals surface area contributed by atoms with Crippen molar-refractivity contribution in [3.63, 3.8) is 0 Å². The summed E-state index contributed by atoms with van der Waals surface area (Å²) in [7, 11) is 0. The van der Waals surface area contributed by atoms with Gasteiger partial charge in [-0.25, -0.2) is 9.97 Å². The molecule has 1 aromatic carbocycles. The van der Waals surface area contributed by atoms with Gasteiger partial charge < -0.3 is 10.4 Å². The van der Waals surface area contributed by atoms with E-state index in [1.165, 1.54) is 0 Å². The lowest BCUT2D eigenvalue weighted by Crippen LogP contribution is -2.42. The Bertz CT molecular complexity index is 670. The second-order valence-electron chi connectivity index (χ2n) is 7.82. The van der Waals surface area contributed by atoms with Gasteiger partial charge in [-0.15, -0.1) is 0 Å². The van der Waals surface area contributed by atoms with Crippen molar-refractivity contribution in [3.8, 4) is 0 Å². The van der Waals surface area contributed by atoms with Crippen molar-refractivity contribution in [2.24, 2.45) is 10.8 Å². The molecular formula is C18H25N3O. The van der Waals surface area contributed by atoms with Crippen molar-refractivity contribution in [1.29, 1.82) is 0 Å². The molecule has 4 nitrogen and oxygen atoms in total. The van der Waals surface area contributed by atoms with Crippen LogP contribution in [0.15, 0.2) is 30.5 Å². The normalized spacial score (nSPS) is 27.7. The zero-order valence-corrected chi connectivity index (χ0v) is 13.6. The molecule has 22 heavy (non-hydrogen) atoms. The molecule has 3 rings (SSSR count). The Balaban J connectivity index is 1.72. The molecule has 2 aromatic rings. The van der Waals surface area contributed by atoms with Gasteiger partial charge in [0.25, 0.3) is 0 Å². The quantitative estimate of drug-likeness (QED) is 0.909. The molecule has 1 aliphatic carbocycles. The highest BCUT2D eigenvalue weighted by atomic mass is 16.3. The van der Waals surface area contributed by atoms with Crippen molar-refractivity contribution < 1.29 is 5.11 Å². The maximum Gasteiger partial charge on any atom is 0.223 e. The molecule has 0 spiro atoms. The maximum atomic E-state index is 10.2. The number of hydrogen-bond donors (Lipinski definition) is 2. The number of para-hydroxylation sites is 1. The third-order valence-corrected chi connectivity index (χ3v) is 4.58. The fourth-order valence-corrected chi connectivity index (χ4v) is 4.06. The molecule has 1 aromatic heterocycles. The lowest BCUT2D eigenvalue weighted by molar-refractivity contribution is -0.00323. The van der Waals surface area contributed by atoms with Gasteiger partial charge in [0.2, 0.25) is 5.95 Å². The van der Waals surface area contributed by atoms with Crippen LogP contribution >= 0.6 is 0 Å². The Hall–Kier alpha value is -1.68. The first-order valence-corrected chi connectivity index (χ1v) is 7.99. The van der Waals surface area contributed by atoms with Gasteiger partial charge in [0.15, 0.2) is 0 Å². The summed E-state index contributed by atoms with van der Waals surface area (Å²) in [4.78, 5) is 8.95. The second kappa shape index (κ2) is 5.51. The molecule has 2 atom stereocenters. The lowest BCUT2D eigenvalue weighted by atomic mass is 9.63. The van der Waals surface area contributed by atoms with Gasteiger partial charge in [-0.1, -0.05) is 39.0 Å². The summed E-state index contributed by atoms with van der Waals surface area (Å²) in [5.41, 5.74) is 1.20. The Morgan fingerprint density at radius 3 is 2.77 bits per heavy atom.